The number of carbonyl (C=O) groups excluding carboxylic acids is 2. The molecule has 1 aromatic rings. The quantitative estimate of drug-likeness (QED) is 0.831. The molecule has 1 aliphatic carbocycles. The van der Waals surface area contributed by atoms with Crippen molar-refractivity contribution in [3.63, 3.8) is 0 Å². The molecular formula is C14H18N2O2. The SMILES string of the molecule is CCCNC(=O)c1ccc(C(=O)NC2CC2)cc1. The van der Waals surface area contributed by atoms with Crippen molar-refractivity contribution >= 4 is 11.8 Å². The number of nitrogens with one attached hydrogen (secondary N) is 2. The van der Waals surface area contributed by atoms with Gasteiger partial charge in [0.15, 0.2) is 0 Å². The van der Waals surface area contributed by atoms with Gasteiger partial charge in [-0.1, -0.05) is 6.92 Å². The molecule has 2 rings (SSSR count). The first-order chi connectivity index (χ1) is 8.70. The molecule has 0 unspecified atom stereocenters. The molecule has 1 aliphatic rings. The van der Waals surface area contributed by atoms with E-state index in [0.717, 1.165) is 19.3 Å². The molecule has 0 spiro atoms. The zero-order valence-electron chi connectivity index (χ0n) is 10.5. The van der Waals surface area contributed by atoms with Gasteiger partial charge in [-0.3, -0.25) is 9.59 Å². The van der Waals surface area contributed by atoms with E-state index in [1.54, 1.807) is 24.3 Å². The predicted octanol–water partition coefficient (Wildman–Crippen LogP) is 1.72. The van der Waals surface area contributed by atoms with Gasteiger partial charge in [0.1, 0.15) is 0 Å². The molecular weight excluding hydrogens is 228 g/mol. The van der Waals surface area contributed by atoms with Crippen LogP contribution in [0, 0.1) is 0 Å². The summed E-state index contributed by atoms with van der Waals surface area (Å²) in [5.74, 6) is -0.149. The summed E-state index contributed by atoms with van der Waals surface area (Å²) in [5, 5.41) is 5.71. The van der Waals surface area contributed by atoms with E-state index in [1.807, 2.05) is 6.92 Å². The summed E-state index contributed by atoms with van der Waals surface area (Å²) < 4.78 is 0. The Hall–Kier alpha value is -1.84. The zero-order chi connectivity index (χ0) is 13.0. The largest absolute Gasteiger partial charge is 0.352 e. The standard InChI is InChI=1S/C14H18N2O2/c1-2-9-15-13(17)10-3-5-11(6-4-10)14(18)16-12-7-8-12/h3-6,12H,2,7-9H2,1H3,(H,15,17)(H,16,18). The highest BCUT2D eigenvalue weighted by atomic mass is 16.2. The van der Waals surface area contributed by atoms with Crippen LogP contribution in [-0.4, -0.2) is 24.4 Å². The summed E-state index contributed by atoms with van der Waals surface area (Å²) in [6.07, 6.45) is 3.06. The average molecular weight is 246 g/mol. The van der Waals surface area contributed by atoms with E-state index in [-0.39, 0.29) is 11.8 Å². The van der Waals surface area contributed by atoms with Crippen molar-refractivity contribution in [2.45, 2.75) is 32.2 Å². The summed E-state index contributed by atoms with van der Waals surface area (Å²) in [4.78, 5) is 23.4. The highest BCUT2D eigenvalue weighted by Crippen LogP contribution is 2.19. The second-order valence-corrected chi connectivity index (χ2v) is 4.58. The Morgan fingerprint density at radius 1 is 1.11 bits per heavy atom. The van der Waals surface area contributed by atoms with E-state index in [4.69, 9.17) is 0 Å². The van der Waals surface area contributed by atoms with Gasteiger partial charge in [-0.05, 0) is 43.5 Å². The van der Waals surface area contributed by atoms with Crippen LogP contribution < -0.4 is 10.6 Å². The van der Waals surface area contributed by atoms with Crippen LogP contribution in [0.1, 0.15) is 46.9 Å². The molecule has 2 amide bonds. The lowest BCUT2D eigenvalue weighted by molar-refractivity contribution is 0.0940. The van der Waals surface area contributed by atoms with E-state index in [2.05, 4.69) is 10.6 Å². The van der Waals surface area contributed by atoms with Crippen LogP contribution in [0.15, 0.2) is 24.3 Å². The van der Waals surface area contributed by atoms with Crippen molar-refractivity contribution in [1.82, 2.24) is 10.6 Å². The Labute approximate surface area is 107 Å². The molecule has 2 N–H and O–H groups in total. The van der Waals surface area contributed by atoms with E-state index >= 15 is 0 Å². The summed E-state index contributed by atoms with van der Waals surface area (Å²) in [6.45, 7) is 2.67. The molecule has 0 saturated heterocycles. The van der Waals surface area contributed by atoms with Crippen molar-refractivity contribution in [2.24, 2.45) is 0 Å². The van der Waals surface area contributed by atoms with Gasteiger partial charge >= 0.3 is 0 Å². The maximum absolute atomic E-state index is 11.7. The highest BCUT2D eigenvalue weighted by molar-refractivity contribution is 5.97. The number of hydrogen-bond donors (Lipinski definition) is 2. The third kappa shape index (κ3) is 3.32. The van der Waals surface area contributed by atoms with Gasteiger partial charge in [-0.15, -0.1) is 0 Å². The summed E-state index contributed by atoms with van der Waals surface area (Å²) in [7, 11) is 0. The lowest BCUT2D eigenvalue weighted by Crippen LogP contribution is -2.26. The first-order valence-corrected chi connectivity index (χ1v) is 6.40. The molecule has 0 atom stereocenters. The Morgan fingerprint density at radius 2 is 1.67 bits per heavy atom. The average Bonchev–Trinajstić information content (AvgIpc) is 3.20. The normalized spacial score (nSPS) is 14.1. The molecule has 4 nitrogen and oxygen atoms in total. The van der Waals surface area contributed by atoms with Crippen LogP contribution in [0.5, 0.6) is 0 Å². The van der Waals surface area contributed by atoms with Gasteiger partial charge in [-0.25, -0.2) is 0 Å². The van der Waals surface area contributed by atoms with E-state index in [9.17, 15) is 9.59 Å². The first-order valence-electron chi connectivity index (χ1n) is 6.40. The third-order valence-corrected chi connectivity index (χ3v) is 2.86. The fourth-order valence-corrected chi connectivity index (χ4v) is 1.61. The Morgan fingerprint density at radius 3 is 2.17 bits per heavy atom. The minimum atomic E-state index is -0.0917. The maximum atomic E-state index is 11.7. The minimum absolute atomic E-state index is 0.0574. The van der Waals surface area contributed by atoms with E-state index in [0.29, 0.717) is 23.7 Å². The minimum Gasteiger partial charge on any atom is -0.352 e. The Bertz CT molecular complexity index is 436. The van der Waals surface area contributed by atoms with E-state index < -0.39 is 0 Å². The monoisotopic (exact) mass is 246 g/mol. The van der Waals surface area contributed by atoms with Crippen LogP contribution in [0.25, 0.3) is 0 Å². The lowest BCUT2D eigenvalue weighted by Gasteiger charge is -2.05. The van der Waals surface area contributed by atoms with E-state index in [1.165, 1.54) is 0 Å². The second-order valence-electron chi connectivity index (χ2n) is 4.58. The van der Waals surface area contributed by atoms with Crippen molar-refractivity contribution < 1.29 is 9.59 Å². The Kier molecular flexibility index (Phi) is 3.97. The molecule has 0 heterocycles. The number of benzene rings is 1. The highest BCUT2D eigenvalue weighted by Gasteiger charge is 2.23. The number of amides is 2. The van der Waals surface area contributed by atoms with Crippen molar-refractivity contribution in [2.75, 3.05) is 6.54 Å². The predicted molar refractivity (Wildman–Crippen MR) is 69.6 cm³/mol. The fraction of sp³-hybridized carbons (Fsp3) is 0.429. The molecule has 1 saturated carbocycles. The summed E-state index contributed by atoms with van der Waals surface area (Å²) in [6, 6.07) is 7.11. The molecule has 0 aliphatic heterocycles. The van der Waals surface area contributed by atoms with Gasteiger partial charge in [0.2, 0.25) is 0 Å². The number of rotatable bonds is 5. The number of hydrogen-bond acceptors (Lipinski definition) is 2. The van der Waals surface area contributed by atoms with Crippen molar-refractivity contribution in [3.05, 3.63) is 35.4 Å². The topological polar surface area (TPSA) is 58.2 Å². The Balaban J connectivity index is 1.95. The second kappa shape index (κ2) is 5.67. The molecule has 96 valence electrons. The van der Waals surface area contributed by atoms with Gasteiger partial charge in [0.25, 0.3) is 11.8 Å². The maximum Gasteiger partial charge on any atom is 0.251 e. The van der Waals surface area contributed by atoms with Crippen molar-refractivity contribution in [1.29, 1.82) is 0 Å². The molecule has 1 aromatic carbocycles. The third-order valence-electron chi connectivity index (χ3n) is 2.86. The van der Waals surface area contributed by atoms with Gasteiger partial charge in [0, 0.05) is 23.7 Å². The zero-order valence-corrected chi connectivity index (χ0v) is 10.5. The molecule has 18 heavy (non-hydrogen) atoms. The van der Waals surface area contributed by atoms with Crippen LogP contribution in [0.4, 0.5) is 0 Å². The molecule has 0 aromatic heterocycles. The van der Waals surface area contributed by atoms with Gasteiger partial charge in [-0.2, -0.15) is 0 Å². The number of carbonyl (C=O) groups is 2. The molecule has 0 radical (unpaired) electrons. The van der Waals surface area contributed by atoms with Crippen LogP contribution >= 0.6 is 0 Å². The van der Waals surface area contributed by atoms with Crippen LogP contribution in [0.3, 0.4) is 0 Å². The van der Waals surface area contributed by atoms with Crippen LogP contribution in [-0.2, 0) is 0 Å². The summed E-state index contributed by atoms with van der Waals surface area (Å²) >= 11 is 0. The summed E-state index contributed by atoms with van der Waals surface area (Å²) in [5.41, 5.74) is 1.19. The van der Waals surface area contributed by atoms with Gasteiger partial charge < -0.3 is 10.6 Å². The van der Waals surface area contributed by atoms with Gasteiger partial charge in [0.05, 0.1) is 0 Å². The molecule has 0 bridgehead atoms. The van der Waals surface area contributed by atoms with Crippen LogP contribution in [0.2, 0.25) is 0 Å². The first kappa shape index (κ1) is 12.6. The fourth-order valence-electron chi connectivity index (χ4n) is 1.61. The molecule has 1 fully saturated rings. The lowest BCUT2D eigenvalue weighted by atomic mass is 10.1. The van der Waals surface area contributed by atoms with Crippen molar-refractivity contribution in [3.8, 4) is 0 Å². The molecule has 4 heteroatoms. The smallest absolute Gasteiger partial charge is 0.251 e.